The molecule has 6 heteroatoms. The van der Waals surface area contributed by atoms with Crippen LogP contribution >= 0.6 is 11.6 Å². The summed E-state index contributed by atoms with van der Waals surface area (Å²) in [7, 11) is 0. The summed E-state index contributed by atoms with van der Waals surface area (Å²) in [5, 5.41) is 0.652. The first-order chi connectivity index (χ1) is 13.1. The van der Waals surface area contributed by atoms with Crippen molar-refractivity contribution in [3.05, 3.63) is 51.8 Å². The van der Waals surface area contributed by atoms with Gasteiger partial charge in [-0.2, -0.15) is 0 Å². The maximum atomic E-state index is 13.3. The maximum absolute atomic E-state index is 13.3. The zero-order valence-corrected chi connectivity index (χ0v) is 16.6. The summed E-state index contributed by atoms with van der Waals surface area (Å²) >= 11 is 6.05. The fourth-order valence-corrected chi connectivity index (χ4v) is 4.18. The standard InChI is InChI=1S/C21H25ClN4O/c1-3-25-13-23-19-20(25)24-18(12-15-6-4-14(2)5-7-15)26(21(19)27)17-10-8-16(22)9-11-17/h8-11,13-15H,3-7,12H2,1-2H3. The Morgan fingerprint density at radius 2 is 1.85 bits per heavy atom. The molecule has 0 amide bonds. The second-order valence-electron chi connectivity index (χ2n) is 7.68. The molecule has 2 heterocycles. The molecule has 27 heavy (non-hydrogen) atoms. The van der Waals surface area contributed by atoms with Gasteiger partial charge in [-0.25, -0.2) is 9.97 Å². The van der Waals surface area contributed by atoms with E-state index in [9.17, 15) is 4.79 Å². The third-order valence-electron chi connectivity index (χ3n) is 5.74. The molecule has 142 valence electrons. The number of imidazole rings is 1. The van der Waals surface area contributed by atoms with Crippen molar-refractivity contribution >= 4 is 22.8 Å². The summed E-state index contributed by atoms with van der Waals surface area (Å²) in [5.74, 6) is 2.20. The van der Waals surface area contributed by atoms with Gasteiger partial charge in [-0.1, -0.05) is 31.4 Å². The van der Waals surface area contributed by atoms with Crippen LogP contribution in [-0.2, 0) is 13.0 Å². The molecule has 0 aliphatic heterocycles. The minimum Gasteiger partial charge on any atom is -0.315 e. The Labute approximate surface area is 164 Å². The van der Waals surface area contributed by atoms with E-state index in [4.69, 9.17) is 16.6 Å². The van der Waals surface area contributed by atoms with Crippen molar-refractivity contribution in [2.24, 2.45) is 11.8 Å². The Morgan fingerprint density at radius 3 is 2.52 bits per heavy atom. The van der Waals surface area contributed by atoms with Crippen molar-refractivity contribution in [2.75, 3.05) is 0 Å². The van der Waals surface area contributed by atoms with Crippen molar-refractivity contribution < 1.29 is 0 Å². The zero-order valence-electron chi connectivity index (χ0n) is 15.9. The van der Waals surface area contributed by atoms with Gasteiger partial charge >= 0.3 is 0 Å². The molecule has 3 aromatic rings. The number of nitrogens with zero attached hydrogens (tertiary/aromatic N) is 4. The quantitative estimate of drug-likeness (QED) is 0.659. The largest absolute Gasteiger partial charge is 0.315 e. The molecule has 0 saturated heterocycles. The first-order valence-corrected chi connectivity index (χ1v) is 10.2. The van der Waals surface area contributed by atoms with Crippen LogP contribution < -0.4 is 5.56 Å². The van der Waals surface area contributed by atoms with E-state index in [1.54, 1.807) is 10.9 Å². The highest BCUT2D eigenvalue weighted by Crippen LogP contribution is 2.30. The van der Waals surface area contributed by atoms with Crippen LogP contribution in [0, 0.1) is 11.8 Å². The first-order valence-electron chi connectivity index (χ1n) is 9.79. The van der Waals surface area contributed by atoms with E-state index in [1.165, 1.54) is 25.7 Å². The topological polar surface area (TPSA) is 52.7 Å². The lowest BCUT2D eigenvalue weighted by Crippen LogP contribution is -2.27. The number of halogens is 1. The van der Waals surface area contributed by atoms with Crippen LogP contribution in [0.1, 0.15) is 45.4 Å². The molecule has 0 bridgehead atoms. The van der Waals surface area contributed by atoms with Crippen LogP contribution in [0.4, 0.5) is 0 Å². The first kappa shape index (κ1) is 18.2. The van der Waals surface area contributed by atoms with Gasteiger partial charge in [-0.3, -0.25) is 9.36 Å². The molecule has 0 radical (unpaired) electrons. The minimum absolute atomic E-state index is 0.103. The van der Waals surface area contributed by atoms with Crippen molar-refractivity contribution in [2.45, 2.75) is 52.5 Å². The normalized spacial score (nSPS) is 20.3. The predicted octanol–water partition coefficient (Wildman–Crippen LogP) is 4.62. The Kier molecular flexibility index (Phi) is 5.04. The summed E-state index contributed by atoms with van der Waals surface area (Å²) < 4.78 is 3.67. The maximum Gasteiger partial charge on any atom is 0.286 e. The van der Waals surface area contributed by atoms with E-state index in [-0.39, 0.29) is 5.56 Å². The summed E-state index contributed by atoms with van der Waals surface area (Å²) in [4.78, 5) is 22.5. The number of aryl methyl sites for hydroxylation is 1. The summed E-state index contributed by atoms with van der Waals surface area (Å²) in [5.41, 5.74) is 1.80. The van der Waals surface area contributed by atoms with Crippen LogP contribution in [0.3, 0.4) is 0 Å². The van der Waals surface area contributed by atoms with Gasteiger partial charge in [0.1, 0.15) is 5.82 Å². The lowest BCUT2D eigenvalue weighted by Gasteiger charge is -2.26. The second-order valence-corrected chi connectivity index (χ2v) is 8.11. The molecule has 0 unspecified atom stereocenters. The van der Waals surface area contributed by atoms with Crippen molar-refractivity contribution in [1.29, 1.82) is 0 Å². The molecule has 5 nitrogen and oxygen atoms in total. The SMILES string of the molecule is CCn1cnc2c(=O)n(-c3ccc(Cl)cc3)c(CC3CCC(C)CC3)nc21. The molecule has 1 aliphatic carbocycles. The average molecular weight is 385 g/mol. The van der Waals surface area contributed by atoms with Crippen molar-refractivity contribution in [1.82, 2.24) is 19.1 Å². The molecule has 0 spiro atoms. The highest BCUT2D eigenvalue weighted by atomic mass is 35.5. The van der Waals surface area contributed by atoms with Crippen LogP contribution in [0.15, 0.2) is 35.4 Å². The Bertz CT molecular complexity index is 997. The van der Waals surface area contributed by atoms with Gasteiger partial charge in [0.25, 0.3) is 5.56 Å². The lowest BCUT2D eigenvalue weighted by atomic mass is 9.81. The fraction of sp³-hybridized carbons (Fsp3) is 0.476. The number of hydrogen-bond acceptors (Lipinski definition) is 3. The number of rotatable bonds is 4. The molecule has 2 aromatic heterocycles. The van der Waals surface area contributed by atoms with Gasteiger partial charge in [0.05, 0.1) is 12.0 Å². The van der Waals surface area contributed by atoms with E-state index in [0.29, 0.717) is 22.1 Å². The third kappa shape index (κ3) is 3.53. The number of fused-ring (bicyclic) bond motifs is 1. The molecular formula is C21H25ClN4O. The van der Waals surface area contributed by atoms with Gasteiger partial charge in [-0.05, 0) is 55.9 Å². The van der Waals surface area contributed by atoms with Crippen molar-refractivity contribution in [3.63, 3.8) is 0 Å². The van der Waals surface area contributed by atoms with E-state index in [2.05, 4.69) is 11.9 Å². The Hall–Kier alpha value is -2.14. The number of benzene rings is 1. The van der Waals surface area contributed by atoms with E-state index < -0.39 is 0 Å². The van der Waals surface area contributed by atoms with Crippen LogP contribution in [0.5, 0.6) is 0 Å². The third-order valence-corrected chi connectivity index (χ3v) is 5.99. The smallest absolute Gasteiger partial charge is 0.286 e. The molecular weight excluding hydrogens is 360 g/mol. The van der Waals surface area contributed by atoms with E-state index in [0.717, 1.165) is 30.4 Å². The molecule has 4 rings (SSSR count). The molecule has 1 aliphatic rings. The van der Waals surface area contributed by atoms with Crippen molar-refractivity contribution in [3.8, 4) is 5.69 Å². The van der Waals surface area contributed by atoms with Crippen LogP contribution in [0.25, 0.3) is 16.9 Å². The Balaban J connectivity index is 1.84. The van der Waals surface area contributed by atoms with Gasteiger partial charge in [-0.15, -0.1) is 0 Å². The molecule has 1 fully saturated rings. The number of hydrogen-bond donors (Lipinski definition) is 0. The molecule has 0 atom stereocenters. The second kappa shape index (κ2) is 7.47. The summed E-state index contributed by atoms with van der Waals surface area (Å²) in [6, 6.07) is 7.37. The van der Waals surface area contributed by atoms with Crippen LogP contribution in [-0.4, -0.2) is 19.1 Å². The molecule has 0 N–H and O–H groups in total. The van der Waals surface area contributed by atoms with E-state index in [1.807, 2.05) is 35.8 Å². The van der Waals surface area contributed by atoms with Gasteiger partial charge in [0, 0.05) is 18.0 Å². The highest BCUT2D eigenvalue weighted by molar-refractivity contribution is 6.30. The fourth-order valence-electron chi connectivity index (χ4n) is 4.06. The average Bonchev–Trinajstić information content (AvgIpc) is 3.08. The molecule has 1 aromatic carbocycles. The highest BCUT2D eigenvalue weighted by Gasteiger charge is 2.23. The monoisotopic (exact) mass is 384 g/mol. The molecule has 1 saturated carbocycles. The predicted molar refractivity (Wildman–Crippen MR) is 109 cm³/mol. The number of aromatic nitrogens is 4. The lowest BCUT2D eigenvalue weighted by molar-refractivity contribution is 0.284. The van der Waals surface area contributed by atoms with E-state index >= 15 is 0 Å². The zero-order chi connectivity index (χ0) is 19.0. The Morgan fingerprint density at radius 1 is 1.15 bits per heavy atom. The van der Waals surface area contributed by atoms with Gasteiger partial charge in [0.2, 0.25) is 0 Å². The summed E-state index contributed by atoms with van der Waals surface area (Å²) in [6.07, 6.45) is 7.42. The van der Waals surface area contributed by atoms with Gasteiger partial charge < -0.3 is 4.57 Å². The minimum atomic E-state index is -0.103. The van der Waals surface area contributed by atoms with Gasteiger partial charge in [0.15, 0.2) is 11.2 Å². The van der Waals surface area contributed by atoms with Crippen LogP contribution in [0.2, 0.25) is 5.02 Å². The summed E-state index contributed by atoms with van der Waals surface area (Å²) in [6.45, 7) is 5.11.